The Morgan fingerprint density at radius 1 is 1.06 bits per heavy atom. The van der Waals surface area contributed by atoms with Crippen LogP contribution in [0.1, 0.15) is 21.6 Å². The van der Waals surface area contributed by atoms with Crippen molar-refractivity contribution < 1.29 is 27.5 Å². The topological polar surface area (TPSA) is 125 Å². The Kier molecular flexibility index (Phi) is 6.97. The molecule has 4 aromatic rings. The molecule has 0 aliphatic heterocycles. The zero-order valence-electron chi connectivity index (χ0n) is 18.5. The molecular weight excluding hydrogens is 501 g/mol. The van der Waals surface area contributed by atoms with Gasteiger partial charge in [0.1, 0.15) is 17.1 Å². The summed E-state index contributed by atoms with van der Waals surface area (Å²) in [5.41, 5.74) is 1.65. The van der Waals surface area contributed by atoms with Crippen LogP contribution in [0.5, 0.6) is 5.75 Å². The van der Waals surface area contributed by atoms with E-state index < -0.39 is 23.7 Å². The first kappa shape index (κ1) is 24.8. The van der Waals surface area contributed by atoms with Crippen molar-refractivity contribution in [3.05, 3.63) is 76.6 Å². The third-order valence-corrected chi connectivity index (χ3v) is 5.36. The fourth-order valence-corrected chi connectivity index (χ4v) is 3.53. The van der Waals surface area contributed by atoms with E-state index in [1.165, 1.54) is 31.3 Å². The Morgan fingerprint density at radius 3 is 2.50 bits per heavy atom. The van der Waals surface area contributed by atoms with Crippen LogP contribution in [-0.4, -0.2) is 39.4 Å². The maximum atomic E-state index is 12.9. The van der Waals surface area contributed by atoms with Gasteiger partial charge in [-0.15, -0.1) is 0 Å². The highest BCUT2D eigenvalue weighted by Crippen LogP contribution is 2.34. The average molecular weight is 519 g/mol. The molecule has 4 rings (SSSR count). The molecule has 2 heterocycles. The van der Waals surface area contributed by atoms with Crippen molar-refractivity contribution in [1.29, 1.82) is 0 Å². The normalized spacial score (nSPS) is 11.2. The Bertz CT molecular complexity index is 1420. The number of alkyl halides is 3. The quantitative estimate of drug-likeness (QED) is 0.292. The minimum absolute atomic E-state index is 0.0880. The Hall–Kier alpha value is -4.32. The lowest BCUT2D eigenvalue weighted by Gasteiger charge is -2.09. The van der Waals surface area contributed by atoms with Crippen molar-refractivity contribution in [3.63, 3.8) is 0 Å². The van der Waals surface area contributed by atoms with E-state index in [2.05, 4.69) is 31.0 Å². The predicted molar refractivity (Wildman–Crippen MR) is 124 cm³/mol. The molecule has 0 spiro atoms. The highest BCUT2D eigenvalue weighted by Gasteiger charge is 2.30. The smallest absolute Gasteiger partial charge is 0.409 e. The Labute approximate surface area is 207 Å². The monoisotopic (exact) mass is 518 g/mol. The van der Waals surface area contributed by atoms with Crippen LogP contribution >= 0.6 is 11.6 Å². The highest BCUT2D eigenvalue weighted by molar-refractivity contribution is 6.32. The van der Waals surface area contributed by atoms with Gasteiger partial charge in [0.25, 0.3) is 5.91 Å². The van der Waals surface area contributed by atoms with Crippen LogP contribution in [0.25, 0.3) is 22.5 Å². The minimum Gasteiger partial charge on any atom is -0.409 e. The van der Waals surface area contributed by atoms with E-state index in [-0.39, 0.29) is 23.0 Å². The lowest BCUT2D eigenvalue weighted by Crippen LogP contribution is -2.23. The summed E-state index contributed by atoms with van der Waals surface area (Å²) in [4.78, 5) is 26.8. The highest BCUT2D eigenvalue weighted by atomic mass is 35.5. The van der Waals surface area contributed by atoms with Crippen LogP contribution in [0.4, 0.5) is 18.0 Å². The maximum absolute atomic E-state index is 12.9. The van der Waals surface area contributed by atoms with Crippen molar-refractivity contribution in [2.24, 2.45) is 0 Å². The molecule has 0 saturated carbocycles. The number of nitrogens with one attached hydrogen (secondary N) is 4. The van der Waals surface area contributed by atoms with Gasteiger partial charge in [0.2, 0.25) is 0 Å². The van der Waals surface area contributed by atoms with Crippen LogP contribution in [0.2, 0.25) is 5.02 Å². The zero-order chi connectivity index (χ0) is 25.9. The number of nitrogens with zero attached hydrogens (tertiary/aromatic N) is 2. The lowest BCUT2D eigenvalue weighted by molar-refractivity contribution is -0.137. The number of aromatic nitrogens is 4. The number of carbonyl (C=O) groups excluding carboxylic acids is 2. The molecule has 2 amide bonds. The molecule has 13 heteroatoms. The summed E-state index contributed by atoms with van der Waals surface area (Å²) in [6.07, 6.45) is -3.59. The van der Waals surface area contributed by atoms with E-state index in [0.717, 1.165) is 12.1 Å². The molecule has 36 heavy (non-hydrogen) atoms. The van der Waals surface area contributed by atoms with Gasteiger partial charge in [-0.3, -0.25) is 4.79 Å². The van der Waals surface area contributed by atoms with Crippen LogP contribution in [0.15, 0.2) is 54.7 Å². The molecule has 0 aliphatic carbocycles. The molecule has 2 aromatic carbocycles. The molecule has 0 unspecified atom stereocenters. The lowest BCUT2D eigenvalue weighted by atomic mass is 10.1. The number of amides is 2. The Morgan fingerprint density at radius 2 is 1.81 bits per heavy atom. The van der Waals surface area contributed by atoms with Crippen LogP contribution in [-0.2, 0) is 12.7 Å². The van der Waals surface area contributed by atoms with Crippen molar-refractivity contribution >= 4 is 23.6 Å². The van der Waals surface area contributed by atoms with Gasteiger partial charge in [0.05, 0.1) is 10.6 Å². The van der Waals surface area contributed by atoms with Crippen LogP contribution < -0.4 is 15.4 Å². The number of carbonyl (C=O) groups is 2. The second-order valence-electron chi connectivity index (χ2n) is 7.49. The van der Waals surface area contributed by atoms with Gasteiger partial charge in [-0.2, -0.15) is 28.6 Å². The molecule has 186 valence electrons. The fraction of sp³-hybridized carbons (Fsp3) is 0.130. The molecule has 0 radical (unpaired) electrons. The molecule has 0 aliphatic rings. The molecule has 0 bridgehead atoms. The molecule has 0 saturated heterocycles. The third kappa shape index (κ3) is 5.49. The number of benzene rings is 2. The number of hydrogen-bond acceptors (Lipinski definition) is 5. The van der Waals surface area contributed by atoms with Gasteiger partial charge in [-0.1, -0.05) is 23.7 Å². The maximum Gasteiger partial charge on any atom is 0.416 e. The molecule has 2 aromatic heterocycles. The first-order valence-corrected chi connectivity index (χ1v) is 10.8. The zero-order valence-corrected chi connectivity index (χ0v) is 19.3. The van der Waals surface area contributed by atoms with E-state index in [4.69, 9.17) is 16.3 Å². The number of hydrogen-bond donors (Lipinski definition) is 4. The average Bonchev–Trinajstić information content (AvgIpc) is 3.53. The second kappa shape index (κ2) is 10.1. The number of halogens is 4. The third-order valence-electron chi connectivity index (χ3n) is 5.07. The molecule has 4 N–H and O–H groups in total. The Balaban J connectivity index is 1.48. The van der Waals surface area contributed by atoms with Crippen LogP contribution in [0.3, 0.4) is 0 Å². The molecule has 0 atom stereocenters. The fourth-order valence-electron chi connectivity index (χ4n) is 3.31. The summed E-state index contributed by atoms with van der Waals surface area (Å²) in [5, 5.41) is 15.9. The first-order valence-electron chi connectivity index (χ1n) is 10.4. The summed E-state index contributed by atoms with van der Waals surface area (Å²) < 4.78 is 43.7. The molecular formula is C23H18ClF3N6O3. The number of ether oxygens (including phenoxy) is 1. The second-order valence-corrected chi connectivity index (χ2v) is 7.90. The number of aromatic amines is 2. The van der Waals surface area contributed by atoms with Gasteiger partial charge < -0.3 is 20.4 Å². The van der Waals surface area contributed by atoms with E-state index in [1.54, 1.807) is 18.3 Å². The van der Waals surface area contributed by atoms with Gasteiger partial charge in [0.15, 0.2) is 5.75 Å². The van der Waals surface area contributed by atoms with E-state index >= 15 is 0 Å². The SMILES string of the molecule is CNC(=O)Oc1ccc(-c2n[nH]nc2-c2c[nH]c(C(=O)NCc3cccc(C(F)(F)F)c3)c2)cc1Cl. The summed E-state index contributed by atoms with van der Waals surface area (Å²) in [7, 11) is 1.42. The predicted octanol–water partition coefficient (Wildman–Crippen LogP) is 4.79. The molecule has 0 fully saturated rings. The van der Waals surface area contributed by atoms with Gasteiger partial charge in [-0.05, 0) is 42.0 Å². The van der Waals surface area contributed by atoms with Crippen molar-refractivity contribution in [3.8, 4) is 28.3 Å². The van der Waals surface area contributed by atoms with Gasteiger partial charge >= 0.3 is 12.3 Å². The van der Waals surface area contributed by atoms with Crippen molar-refractivity contribution in [1.82, 2.24) is 31.0 Å². The summed E-state index contributed by atoms with van der Waals surface area (Å²) in [5.74, 6) is -0.353. The summed E-state index contributed by atoms with van der Waals surface area (Å²) >= 11 is 6.23. The van der Waals surface area contributed by atoms with Crippen molar-refractivity contribution in [2.45, 2.75) is 12.7 Å². The largest absolute Gasteiger partial charge is 0.416 e. The van der Waals surface area contributed by atoms with E-state index in [0.29, 0.717) is 28.1 Å². The standard InChI is InChI=1S/C23H18ClF3N6O3/c1-28-22(35)36-18-6-5-13(8-16(18)24)19-20(32-33-31-19)14-9-17(29-11-14)21(34)30-10-12-3-2-4-15(7-12)23(25,26)27/h2-9,11,29H,10H2,1H3,(H,28,35)(H,30,34)(H,31,32,33). The van der Waals surface area contributed by atoms with Gasteiger partial charge in [-0.25, -0.2) is 4.79 Å². The number of H-pyrrole nitrogens is 2. The summed E-state index contributed by atoms with van der Waals surface area (Å²) in [6.45, 7) is -0.0880. The van der Waals surface area contributed by atoms with E-state index in [9.17, 15) is 22.8 Å². The minimum atomic E-state index is -4.47. The first-order chi connectivity index (χ1) is 17.2. The van der Waals surface area contributed by atoms with Gasteiger partial charge in [0, 0.05) is 30.9 Å². The summed E-state index contributed by atoms with van der Waals surface area (Å²) in [6, 6.07) is 11.0. The number of rotatable bonds is 6. The van der Waals surface area contributed by atoms with E-state index in [1.807, 2.05) is 0 Å². The van der Waals surface area contributed by atoms with Crippen molar-refractivity contribution in [2.75, 3.05) is 7.05 Å². The van der Waals surface area contributed by atoms with Crippen LogP contribution in [0, 0.1) is 0 Å². The molecule has 9 nitrogen and oxygen atoms in total.